The lowest BCUT2D eigenvalue weighted by molar-refractivity contribution is -0.151. The summed E-state index contributed by atoms with van der Waals surface area (Å²) in [6.45, 7) is 0.195. The van der Waals surface area contributed by atoms with Crippen molar-refractivity contribution >= 4 is 11.9 Å². The van der Waals surface area contributed by atoms with E-state index < -0.39 is 11.4 Å². The zero-order valence-electron chi connectivity index (χ0n) is 9.62. The molecule has 1 aliphatic carbocycles. The van der Waals surface area contributed by atoms with Crippen molar-refractivity contribution in [2.75, 3.05) is 20.3 Å². The van der Waals surface area contributed by atoms with Gasteiger partial charge in [-0.25, -0.2) is 0 Å². The number of ether oxygens (including phenoxy) is 1. The molecule has 1 aliphatic rings. The van der Waals surface area contributed by atoms with Crippen molar-refractivity contribution in [3.05, 3.63) is 0 Å². The van der Waals surface area contributed by atoms with E-state index in [1.165, 1.54) is 7.11 Å². The molecule has 2 N–H and O–H groups in total. The van der Waals surface area contributed by atoms with Gasteiger partial charge in [-0.2, -0.15) is 0 Å². The zero-order valence-corrected chi connectivity index (χ0v) is 9.62. The van der Waals surface area contributed by atoms with Crippen LogP contribution in [0.2, 0.25) is 0 Å². The first kappa shape index (κ1) is 13.0. The molecule has 0 aromatic rings. The van der Waals surface area contributed by atoms with Crippen LogP contribution in [0.25, 0.3) is 0 Å². The summed E-state index contributed by atoms with van der Waals surface area (Å²) in [5.74, 6) is -1.06. The van der Waals surface area contributed by atoms with E-state index in [1.54, 1.807) is 0 Å². The Balaban J connectivity index is 2.51. The van der Waals surface area contributed by atoms with Gasteiger partial charge in [0.2, 0.25) is 5.91 Å². The minimum absolute atomic E-state index is 0.0182. The fourth-order valence-electron chi connectivity index (χ4n) is 2.14. The van der Waals surface area contributed by atoms with E-state index in [0.29, 0.717) is 12.8 Å². The molecule has 1 fully saturated rings. The third kappa shape index (κ3) is 3.20. The number of hydrogen-bond acceptors (Lipinski definition) is 3. The predicted molar refractivity (Wildman–Crippen MR) is 58.0 cm³/mol. The fourth-order valence-corrected chi connectivity index (χ4v) is 2.14. The Morgan fingerprint density at radius 3 is 2.44 bits per heavy atom. The Morgan fingerprint density at radius 2 is 1.94 bits per heavy atom. The van der Waals surface area contributed by atoms with Gasteiger partial charge >= 0.3 is 5.97 Å². The van der Waals surface area contributed by atoms with Gasteiger partial charge in [-0.1, -0.05) is 19.3 Å². The summed E-state index contributed by atoms with van der Waals surface area (Å²) < 4.78 is 4.68. The molecule has 0 aliphatic heterocycles. The van der Waals surface area contributed by atoms with Gasteiger partial charge in [-0.3, -0.25) is 9.59 Å². The molecule has 1 amide bonds. The largest absolute Gasteiger partial charge is 0.481 e. The van der Waals surface area contributed by atoms with Crippen molar-refractivity contribution in [1.82, 2.24) is 5.32 Å². The molecule has 0 atom stereocenters. The summed E-state index contributed by atoms with van der Waals surface area (Å²) in [5, 5.41) is 11.9. The normalized spacial score (nSPS) is 19.1. The zero-order chi connectivity index (χ0) is 12.0. The molecule has 0 spiro atoms. The second-order valence-electron chi connectivity index (χ2n) is 4.36. The second-order valence-corrected chi connectivity index (χ2v) is 4.36. The maximum absolute atomic E-state index is 11.3. The second kappa shape index (κ2) is 5.84. The average molecular weight is 229 g/mol. The number of carboxylic acid groups (broad SMARTS) is 1. The number of hydrogen-bond donors (Lipinski definition) is 2. The van der Waals surface area contributed by atoms with Crippen molar-refractivity contribution < 1.29 is 19.4 Å². The maximum Gasteiger partial charge on any atom is 0.311 e. The van der Waals surface area contributed by atoms with E-state index in [2.05, 4.69) is 10.1 Å². The Hall–Kier alpha value is -1.10. The van der Waals surface area contributed by atoms with E-state index in [9.17, 15) is 14.7 Å². The van der Waals surface area contributed by atoms with Gasteiger partial charge in [0, 0.05) is 13.7 Å². The Morgan fingerprint density at radius 1 is 1.31 bits per heavy atom. The number of carbonyl (C=O) groups is 2. The van der Waals surface area contributed by atoms with Crippen LogP contribution in [0.4, 0.5) is 0 Å². The smallest absolute Gasteiger partial charge is 0.311 e. The van der Waals surface area contributed by atoms with Crippen LogP contribution in [0, 0.1) is 5.41 Å². The number of nitrogens with one attached hydrogen (secondary N) is 1. The van der Waals surface area contributed by atoms with Crippen molar-refractivity contribution in [3.63, 3.8) is 0 Å². The van der Waals surface area contributed by atoms with Gasteiger partial charge in [0.25, 0.3) is 0 Å². The molecule has 0 saturated heterocycles. The quantitative estimate of drug-likeness (QED) is 0.730. The summed E-state index contributed by atoms with van der Waals surface area (Å²) in [5.41, 5.74) is -0.762. The van der Waals surface area contributed by atoms with E-state index in [-0.39, 0.29) is 19.1 Å². The topological polar surface area (TPSA) is 75.6 Å². The highest BCUT2D eigenvalue weighted by Gasteiger charge is 2.39. The van der Waals surface area contributed by atoms with Crippen LogP contribution in [-0.4, -0.2) is 37.2 Å². The number of methoxy groups -OCH3 is 1. The SMILES string of the molecule is COCC(=O)NCC1(C(=O)O)CCCCC1. The highest BCUT2D eigenvalue weighted by molar-refractivity contribution is 5.79. The van der Waals surface area contributed by atoms with Crippen LogP contribution < -0.4 is 5.32 Å². The van der Waals surface area contributed by atoms with Crippen LogP contribution in [0.5, 0.6) is 0 Å². The number of carbonyl (C=O) groups excluding carboxylic acids is 1. The Kier molecular flexibility index (Phi) is 4.73. The molecule has 0 bridgehead atoms. The standard InChI is InChI=1S/C11H19NO4/c1-16-7-9(13)12-8-11(10(14)15)5-3-2-4-6-11/h2-8H2,1H3,(H,12,13)(H,14,15). The highest BCUT2D eigenvalue weighted by atomic mass is 16.5. The van der Waals surface area contributed by atoms with Gasteiger partial charge in [-0.15, -0.1) is 0 Å². The summed E-state index contributed by atoms with van der Waals surface area (Å²) in [6, 6.07) is 0. The first-order valence-electron chi connectivity index (χ1n) is 5.60. The highest BCUT2D eigenvalue weighted by Crippen LogP contribution is 2.35. The first-order valence-corrected chi connectivity index (χ1v) is 5.60. The molecule has 0 unspecified atom stereocenters. The molecular weight excluding hydrogens is 210 g/mol. The van der Waals surface area contributed by atoms with Gasteiger partial charge in [-0.05, 0) is 12.8 Å². The summed E-state index contributed by atoms with van der Waals surface area (Å²) >= 11 is 0. The van der Waals surface area contributed by atoms with Crippen LogP contribution in [0.3, 0.4) is 0 Å². The summed E-state index contributed by atoms with van der Waals surface area (Å²) in [6.07, 6.45) is 4.23. The lowest BCUT2D eigenvalue weighted by Gasteiger charge is -2.33. The molecule has 0 heterocycles. The van der Waals surface area contributed by atoms with Crippen molar-refractivity contribution in [2.45, 2.75) is 32.1 Å². The fraction of sp³-hybridized carbons (Fsp3) is 0.818. The molecule has 1 saturated carbocycles. The monoisotopic (exact) mass is 229 g/mol. The maximum atomic E-state index is 11.3. The molecule has 16 heavy (non-hydrogen) atoms. The van der Waals surface area contributed by atoms with Gasteiger partial charge in [0.1, 0.15) is 6.61 Å². The summed E-state index contributed by atoms with van der Waals surface area (Å²) in [7, 11) is 1.44. The third-order valence-electron chi connectivity index (χ3n) is 3.16. The number of aliphatic carboxylic acids is 1. The molecule has 92 valence electrons. The van der Waals surface area contributed by atoms with E-state index in [0.717, 1.165) is 19.3 Å². The van der Waals surface area contributed by atoms with Crippen molar-refractivity contribution in [2.24, 2.45) is 5.41 Å². The van der Waals surface area contributed by atoms with Crippen LogP contribution in [0.15, 0.2) is 0 Å². The lowest BCUT2D eigenvalue weighted by atomic mass is 9.74. The average Bonchev–Trinajstić information content (AvgIpc) is 2.28. The Bertz CT molecular complexity index is 259. The number of amides is 1. The molecule has 0 aromatic heterocycles. The van der Waals surface area contributed by atoms with E-state index in [1.807, 2.05) is 0 Å². The predicted octanol–water partition coefficient (Wildman–Crippen LogP) is 0.784. The minimum atomic E-state index is -0.801. The van der Waals surface area contributed by atoms with Crippen molar-refractivity contribution in [1.29, 1.82) is 0 Å². The van der Waals surface area contributed by atoms with Gasteiger partial charge in [0.05, 0.1) is 5.41 Å². The first-order chi connectivity index (χ1) is 7.60. The lowest BCUT2D eigenvalue weighted by Crippen LogP contribution is -2.45. The molecule has 1 rings (SSSR count). The third-order valence-corrected chi connectivity index (χ3v) is 3.16. The molecule has 0 aromatic carbocycles. The van der Waals surface area contributed by atoms with E-state index >= 15 is 0 Å². The van der Waals surface area contributed by atoms with Crippen LogP contribution >= 0.6 is 0 Å². The molecule has 5 heteroatoms. The van der Waals surface area contributed by atoms with Crippen molar-refractivity contribution in [3.8, 4) is 0 Å². The molecule has 5 nitrogen and oxygen atoms in total. The van der Waals surface area contributed by atoms with Gasteiger partial charge in [0.15, 0.2) is 0 Å². The minimum Gasteiger partial charge on any atom is -0.481 e. The number of carboxylic acids is 1. The molecular formula is C11H19NO4. The number of rotatable bonds is 5. The molecule has 0 radical (unpaired) electrons. The van der Waals surface area contributed by atoms with Crippen LogP contribution in [0.1, 0.15) is 32.1 Å². The Labute approximate surface area is 95.2 Å². The van der Waals surface area contributed by atoms with Gasteiger partial charge < -0.3 is 15.2 Å². The van der Waals surface area contributed by atoms with Crippen LogP contribution in [-0.2, 0) is 14.3 Å². The summed E-state index contributed by atoms with van der Waals surface area (Å²) in [4.78, 5) is 22.5. The van der Waals surface area contributed by atoms with E-state index in [4.69, 9.17) is 0 Å².